The maximum absolute atomic E-state index is 15.0. The summed E-state index contributed by atoms with van der Waals surface area (Å²) in [6, 6.07) is 29.6. The van der Waals surface area contributed by atoms with E-state index in [9.17, 15) is 9.18 Å². The van der Waals surface area contributed by atoms with Gasteiger partial charge in [-0.05, 0) is 79.9 Å². The first-order valence-electron chi connectivity index (χ1n) is 19.9. The number of anilines is 2. The monoisotopic (exact) mass is 790 g/mol. The average Bonchev–Trinajstić information content (AvgIpc) is 4.02. The van der Waals surface area contributed by atoms with Gasteiger partial charge in [0.2, 0.25) is 0 Å². The predicted octanol–water partition coefficient (Wildman–Crippen LogP) is 6.80. The number of hydrogen-bond donors (Lipinski definition) is 0. The van der Waals surface area contributed by atoms with E-state index in [0.717, 1.165) is 60.6 Å². The Morgan fingerprint density at radius 3 is 2.21 bits per heavy atom. The number of rotatable bonds is 15. The zero-order valence-electron chi connectivity index (χ0n) is 32.7. The molecular formula is C44H48F2N8O4. The summed E-state index contributed by atoms with van der Waals surface area (Å²) >= 11 is 0. The lowest BCUT2D eigenvalue weighted by Crippen LogP contribution is -2.46. The second-order valence-corrected chi connectivity index (χ2v) is 15.1. The second-order valence-electron chi connectivity index (χ2n) is 15.1. The van der Waals surface area contributed by atoms with Crippen LogP contribution < -0.4 is 20.2 Å². The topological polar surface area (TPSA) is 105 Å². The van der Waals surface area contributed by atoms with Crippen molar-refractivity contribution in [3.05, 3.63) is 149 Å². The summed E-state index contributed by atoms with van der Waals surface area (Å²) in [5, 5.41) is 8.68. The van der Waals surface area contributed by atoms with Crippen LogP contribution in [0.25, 0.3) is 5.69 Å². The third-order valence-electron chi connectivity index (χ3n) is 11.3. The van der Waals surface area contributed by atoms with Crippen LogP contribution in [0.3, 0.4) is 0 Å². The van der Waals surface area contributed by atoms with E-state index < -0.39 is 17.2 Å². The Kier molecular flexibility index (Phi) is 11.6. The second kappa shape index (κ2) is 17.3. The van der Waals surface area contributed by atoms with E-state index in [0.29, 0.717) is 38.2 Å². The molecule has 0 unspecified atom stereocenters. The van der Waals surface area contributed by atoms with Crippen LogP contribution in [-0.2, 0) is 28.2 Å². The highest BCUT2D eigenvalue weighted by Crippen LogP contribution is 2.42. The lowest BCUT2D eigenvalue weighted by atomic mass is 9.87. The van der Waals surface area contributed by atoms with Crippen molar-refractivity contribution in [2.75, 3.05) is 49.2 Å². The number of benzene rings is 4. The van der Waals surface area contributed by atoms with E-state index in [1.54, 1.807) is 26.6 Å². The van der Waals surface area contributed by atoms with Crippen molar-refractivity contribution in [1.29, 1.82) is 0 Å². The first kappa shape index (κ1) is 39.0. The minimum absolute atomic E-state index is 0.0128. The van der Waals surface area contributed by atoms with Crippen LogP contribution in [0.15, 0.2) is 121 Å². The molecule has 4 heterocycles. The minimum atomic E-state index is -1.02. The molecule has 6 aromatic rings. The Balaban J connectivity index is 0.828. The van der Waals surface area contributed by atoms with Crippen LogP contribution in [0.4, 0.5) is 20.2 Å². The fraction of sp³-hybridized carbons (Fsp3) is 0.364. The van der Waals surface area contributed by atoms with Gasteiger partial charge in [-0.25, -0.2) is 32.5 Å². The van der Waals surface area contributed by atoms with E-state index in [1.807, 2.05) is 68.4 Å². The van der Waals surface area contributed by atoms with E-state index in [4.69, 9.17) is 14.2 Å². The van der Waals surface area contributed by atoms with Gasteiger partial charge in [0.05, 0.1) is 44.2 Å². The largest absolute Gasteiger partial charge is 0.493 e. The quantitative estimate of drug-likeness (QED) is 0.111. The lowest BCUT2D eigenvalue weighted by Gasteiger charge is -2.37. The highest BCUT2D eigenvalue weighted by molar-refractivity contribution is 5.54. The Morgan fingerprint density at radius 1 is 0.862 bits per heavy atom. The van der Waals surface area contributed by atoms with Crippen molar-refractivity contribution in [1.82, 2.24) is 29.1 Å². The van der Waals surface area contributed by atoms with Crippen molar-refractivity contribution in [2.45, 2.75) is 57.6 Å². The van der Waals surface area contributed by atoms with E-state index in [-0.39, 0.29) is 30.3 Å². The molecule has 2 aliphatic rings. The van der Waals surface area contributed by atoms with Gasteiger partial charge >= 0.3 is 5.69 Å². The van der Waals surface area contributed by atoms with Gasteiger partial charge in [-0.15, -0.1) is 0 Å². The molecule has 302 valence electrons. The molecule has 2 fully saturated rings. The average molecular weight is 791 g/mol. The van der Waals surface area contributed by atoms with Crippen LogP contribution in [0, 0.1) is 17.6 Å². The van der Waals surface area contributed by atoms with Gasteiger partial charge in [0.1, 0.15) is 42.0 Å². The fourth-order valence-electron chi connectivity index (χ4n) is 8.14. The highest BCUT2D eigenvalue weighted by atomic mass is 19.1. The molecule has 2 saturated heterocycles. The summed E-state index contributed by atoms with van der Waals surface area (Å²) in [5.41, 5.74) is 3.16. The molecule has 0 radical (unpaired) electrons. The molecule has 8 rings (SSSR count). The lowest BCUT2D eigenvalue weighted by molar-refractivity contribution is -0.0206. The Morgan fingerprint density at radius 2 is 1.55 bits per heavy atom. The summed E-state index contributed by atoms with van der Waals surface area (Å²) in [4.78, 5) is 22.2. The van der Waals surface area contributed by atoms with Gasteiger partial charge in [-0.2, -0.15) is 10.2 Å². The van der Waals surface area contributed by atoms with E-state index in [1.165, 1.54) is 18.5 Å². The van der Waals surface area contributed by atoms with Crippen LogP contribution >= 0.6 is 0 Å². The SMILES string of the molecule is CC[C@H]([C@@H](C)OCc1ccccc1)n1ncn(-c2ccc(N3CCN(c4ccc(OC[C@H]5CO[C@](Cn6cncn6)(c6ccc(F)cc6F)C5)cc4)CC3)cc2)c1=O. The van der Waals surface area contributed by atoms with Crippen molar-refractivity contribution in [3.63, 3.8) is 0 Å². The molecular weight excluding hydrogens is 743 g/mol. The summed E-state index contributed by atoms with van der Waals surface area (Å²) < 4.78 is 52.1. The molecule has 0 bridgehead atoms. The van der Waals surface area contributed by atoms with Gasteiger partial charge in [0.15, 0.2) is 0 Å². The summed E-state index contributed by atoms with van der Waals surface area (Å²) in [6.45, 7) is 8.91. The smallest absolute Gasteiger partial charge is 0.350 e. The Labute approximate surface area is 336 Å². The number of halogens is 2. The Bertz CT molecular complexity index is 2300. The van der Waals surface area contributed by atoms with Gasteiger partial charge in [-0.3, -0.25) is 0 Å². The fourth-order valence-corrected chi connectivity index (χ4v) is 8.14. The van der Waals surface area contributed by atoms with Gasteiger partial charge in [0.25, 0.3) is 0 Å². The molecule has 0 spiro atoms. The molecule has 2 aliphatic heterocycles. The molecule has 58 heavy (non-hydrogen) atoms. The molecule has 0 aliphatic carbocycles. The van der Waals surface area contributed by atoms with Crippen LogP contribution in [-0.4, -0.2) is 74.6 Å². The molecule has 0 amide bonds. The first-order valence-corrected chi connectivity index (χ1v) is 19.9. The molecule has 0 N–H and O–H groups in total. The van der Waals surface area contributed by atoms with Gasteiger partial charge in [-0.1, -0.05) is 43.3 Å². The number of aromatic nitrogens is 6. The summed E-state index contributed by atoms with van der Waals surface area (Å²) in [7, 11) is 0. The molecule has 4 aromatic carbocycles. The van der Waals surface area contributed by atoms with Crippen molar-refractivity contribution in [3.8, 4) is 11.4 Å². The van der Waals surface area contributed by atoms with Crippen LogP contribution in [0.5, 0.6) is 5.75 Å². The first-order chi connectivity index (χ1) is 28.3. The zero-order chi connectivity index (χ0) is 40.1. The van der Waals surface area contributed by atoms with Crippen molar-refractivity contribution >= 4 is 11.4 Å². The zero-order valence-corrected chi connectivity index (χ0v) is 32.7. The third kappa shape index (κ3) is 8.53. The van der Waals surface area contributed by atoms with Crippen molar-refractivity contribution < 1.29 is 23.0 Å². The maximum Gasteiger partial charge on any atom is 0.350 e. The maximum atomic E-state index is 15.0. The molecule has 12 nitrogen and oxygen atoms in total. The number of hydrogen-bond acceptors (Lipinski definition) is 9. The predicted molar refractivity (Wildman–Crippen MR) is 216 cm³/mol. The number of ether oxygens (including phenoxy) is 3. The molecule has 2 aromatic heterocycles. The molecule has 0 saturated carbocycles. The normalized spacial score (nSPS) is 19.3. The number of piperazine rings is 1. The van der Waals surface area contributed by atoms with E-state index >= 15 is 4.39 Å². The molecule has 4 atom stereocenters. The highest BCUT2D eigenvalue weighted by Gasteiger charge is 2.44. The van der Waals surface area contributed by atoms with Crippen LogP contribution in [0.2, 0.25) is 0 Å². The molecule has 14 heteroatoms. The minimum Gasteiger partial charge on any atom is -0.493 e. The van der Waals surface area contributed by atoms with E-state index in [2.05, 4.69) is 49.2 Å². The van der Waals surface area contributed by atoms with Gasteiger partial charge < -0.3 is 24.0 Å². The Hall–Kier alpha value is -5.86. The summed E-state index contributed by atoms with van der Waals surface area (Å²) in [5.74, 6) is -0.555. The number of nitrogens with zero attached hydrogens (tertiary/aromatic N) is 8. The summed E-state index contributed by atoms with van der Waals surface area (Å²) in [6.07, 6.45) is 5.57. The third-order valence-corrected chi connectivity index (χ3v) is 11.3. The standard InChI is InChI=1S/C44H48F2N8O4/c1-3-42(32(2)56-25-33-7-5-4-6-8-33)54-43(55)53(31-49-54)38-12-10-36(11-13-38)50-19-21-51(22-20-50)37-14-16-39(17-15-37)57-26-34-24-44(58-27-34,28-52-30-47-29-48-52)40-18-9-35(45)23-41(40)46/h4-18,23,29-32,34,42H,3,19-22,24-28H2,1-2H3/t32-,34+,42-,44-/m1/s1. The van der Waals surface area contributed by atoms with Crippen molar-refractivity contribution in [2.24, 2.45) is 5.92 Å². The van der Waals surface area contributed by atoms with Gasteiger partial charge in [0, 0.05) is 55.1 Å². The van der Waals surface area contributed by atoms with Crippen LogP contribution in [0.1, 0.15) is 43.9 Å².